The molecule has 0 fully saturated rings. The molecule has 0 aliphatic rings. The van der Waals surface area contributed by atoms with Gasteiger partial charge in [0, 0.05) is 12.6 Å². The smallest absolute Gasteiger partial charge is 0.348 e. The number of H-pyrrole nitrogens is 1. The molecule has 166 valence electrons. The molecule has 2 N–H and O–H groups in total. The summed E-state index contributed by atoms with van der Waals surface area (Å²) in [4.78, 5) is 35.4. The number of rotatable bonds is 9. The van der Waals surface area contributed by atoms with Crippen LogP contribution in [0.4, 0.5) is 0 Å². The Bertz CT molecular complexity index is 1090. The normalized spacial score (nSPS) is 12.6. The van der Waals surface area contributed by atoms with Gasteiger partial charge in [0.2, 0.25) is 0 Å². The molecule has 1 aromatic carbocycles. The summed E-state index contributed by atoms with van der Waals surface area (Å²) < 4.78 is 4.86. The third-order valence-electron chi connectivity index (χ3n) is 5.28. The first kappa shape index (κ1) is 23.1. The number of esters is 1. The molecule has 2 aromatic heterocycles. The molecule has 0 spiro atoms. The van der Waals surface area contributed by atoms with Crippen LogP contribution < -0.4 is 5.56 Å². The number of carbonyl (C=O) groups is 1. The number of aliphatic hydroxyl groups is 1. The van der Waals surface area contributed by atoms with Gasteiger partial charge in [0.15, 0.2) is 0 Å². The van der Waals surface area contributed by atoms with E-state index in [1.54, 1.807) is 0 Å². The maximum atomic E-state index is 12.8. The standard InChI is InChI=1S/C23H29N3O4S/c1-5-17-19-21(28)24-18(25-22(19)31-20(17)23(29)30-4)13-26(14(2)3)12-16(27)11-15-9-7-6-8-10-15/h6-10,14,16,27H,5,11-13H2,1-4H3,(H,24,25,28). The SMILES string of the molecule is CCc1c(C(=O)OC)sc2nc(CN(CC(O)Cc3ccccc3)C(C)C)[nH]c(=O)c12. The number of aromatic amines is 1. The van der Waals surface area contributed by atoms with E-state index in [9.17, 15) is 14.7 Å². The summed E-state index contributed by atoms with van der Waals surface area (Å²) in [5.74, 6) is 0.0621. The topological polar surface area (TPSA) is 95.5 Å². The number of methoxy groups -OCH3 is 1. The maximum Gasteiger partial charge on any atom is 0.348 e. The highest BCUT2D eigenvalue weighted by Crippen LogP contribution is 2.29. The number of aromatic nitrogens is 2. The minimum Gasteiger partial charge on any atom is -0.465 e. The number of fused-ring (bicyclic) bond motifs is 1. The van der Waals surface area contributed by atoms with Gasteiger partial charge in [-0.3, -0.25) is 9.69 Å². The number of hydrogen-bond acceptors (Lipinski definition) is 7. The molecule has 1 unspecified atom stereocenters. The lowest BCUT2D eigenvalue weighted by atomic mass is 10.1. The van der Waals surface area contributed by atoms with Crippen LogP contribution in [-0.4, -0.2) is 51.7 Å². The van der Waals surface area contributed by atoms with E-state index in [0.717, 1.165) is 5.56 Å². The predicted octanol–water partition coefficient (Wildman–Crippen LogP) is 3.15. The summed E-state index contributed by atoms with van der Waals surface area (Å²) in [5.41, 5.74) is 1.50. The van der Waals surface area contributed by atoms with Crippen molar-refractivity contribution in [2.75, 3.05) is 13.7 Å². The van der Waals surface area contributed by atoms with Crippen molar-refractivity contribution in [3.05, 3.63) is 62.5 Å². The molecular weight excluding hydrogens is 414 g/mol. The minimum absolute atomic E-state index is 0.145. The Morgan fingerprint density at radius 1 is 1.29 bits per heavy atom. The minimum atomic E-state index is -0.542. The maximum absolute atomic E-state index is 12.8. The van der Waals surface area contributed by atoms with Gasteiger partial charge < -0.3 is 14.8 Å². The van der Waals surface area contributed by atoms with Gasteiger partial charge in [0.25, 0.3) is 5.56 Å². The molecule has 0 saturated carbocycles. The van der Waals surface area contributed by atoms with E-state index in [2.05, 4.69) is 14.9 Å². The summed E-state index contributed by atoms with van der Waals surface area (Å²) in [7, 11) is 1.33. The van der Waals surface area contributed by atoms with Crippen molar-refractivity contribution in [3.8, 4) is 0 Å². The van der Waals surface area contributed by atoms with Gasteiger partial charge in [0.05, 0.1) is 25.1 Å². The van der Waals surface area contributed by atoms with Gasteiger partial charge in [-0.05, 0) is 37.8 Å². The Kier molecular flexibility index (Phi) is 7.59. The number of aryl methyl sites for hydroxylation is 1. The van der Waals surface area contributed by atoms with E-state index in [4.69, 9.17) is 4.74 Å². The third-order valence-corrected chi connectivity index (χ3v) is 6.38. The van der Waals surface area contributed by atoms with E-state index in [1.807, 2.05) is 51.1 Å². The summed E-state index contributed by atoms with van der Waals surface area (Å²) >= 11 is 1.19. The third kappa shape index (κ3) is 5.39. The largest absolute Gasteiger partial charge is 0.465 e. The lowest BCUT2D eigenvalue weighted by Gasteiger charge is -2.28. The van der Waals surface area contributed by atoms with E-state index in [-0.39, 0.29) is 11.6 Å². The number of aliphatic hydroxyl groups excluding tert-OH is 1. The molecule has 0 aliphatic carbocycles. The lowest BCUT2D eigenvalue weighted by molar-refractivity contribution is 0.0605. The average Bonchev–Trinajstić information content (AvgIpc) is 3.12. The first-order chi connectivity index (χ1) is 14.8. The summed E-state index contributed by atoms with van der Waals surface area (Å²) in [6, 6.07) is 10.0. The highest BCUT2D eigenvalue weighted by molar-refractivity contribution is 7.20. The molecule has 3 rings (SSSR count). The highest BCUT2D eigenvalue weighted by Gasteiger charge is 2.23. The zero-order valence-electron chi connectivity index (χ0n) is 18.3. The molecule has 0 aliphatic heterocycles. The van der Waals surface area contributed by atoms with Crippen molar-refractivity contribution >= 4 is 27.5 Å². The van der Waals surface area contributed by atoms with E-state index >= 15 is 0 Å². The molecule has 0 amide bonds. The second-order valence-corrected chi connectivity index (χ2v) is 8.81. The van der Waals surface area contributed by atoms with Crippen LogP contribution in [0, 0.1) is 0 Å². The van der Waals surface area contributed by atoms with Crippen molar-refractivity contribution in [1.29, 1.82) is 0 Å². The van der Waals surface area contributed by atoms with Gasteiger partial charge in [-0.25, -0.2) is 9.78 Å². The molecule has 0 bridgehead atoms. The molecule has 3 aromatic rings. The molecule has 0 saturated heterocycles. The molecule has 31 heavy (non-hydrogen) atoms. The van der Waals surface area contributed by atoms with Crippen molar-refractivity contribution in [2.45, 2.75) is 52.3 Å². The molecule has 8 heteroatoms. The summed E-state index contributed by atoms with van der Waals surface area (Å²) in [5, 5.41) is 11.1. The Morgan fingerprint density at radius 2 is 2.00 bits per heavy atom. The van der Waals surface area contributed by atoms with Crippen LogP contribution in [0.15, 0.2) is 35.1 Å². The number of thiophene rings is 1. The molecule has 1 atom stereocenters. The predicted molar refractivity (Wildman–Crippen MR) is 123 cm³/mol. The van der Waals surface area contributed by atoms with Crippen LogP contribution in [0.3, 0.4) is 0 Å². The van der Waals surface area contributed by atoms with Crippen LogP contribution in [0.25, 0.3) is 10.2 Å². The molecular formula is C23H29N3O4S. The Hall–Kier alpha value is -2.55. The van der Waals surface area contributed by atoms with Crippen molar-refractivity contribution in [1.82, 2.24) is 14.9 Å². The van der Waals surface area contributed by atoms with Crippen molar-refractivity contribution in [3.63, 3.8) is 0 Å². The van der Waals surface area contributed by atoms with Crippen LogP contribution in [0.5, 0.6) is 0 Å². The van der Waals surface area contributed by atoms with Crippen LogP contribution in [0.1, 0.15) is 47.4 Å². The van der Waals surface area contributed by atoms with Gasteiger partial charge in [-0.1, -0.05) is 37.3 Å². The lowest BCUT2D eigenvalue weighted by Crippen LogP contribution is -2.38. The van der Waals surface area contributed by atoms with Crippen molar-refractivity contribution in [2.24, 2.45) is 0 Å². The van der Waals surface area contributed by atoms with E-state index < -0.39 is 12.1 Å². The fourth-order valence-electron chi connectivity index (χ4n) is 3.65. The first-order valence-corrected chi connectivity index (χ1v) is 11.2. The van der Waals surface area contributed by atoms with E-state index in [0.29, 0.717) is 52.4 Å². The van der Waals surface area contributed by atoms with Crippen LogP contribution in [-0.2, 0) is 24.1 Å². The number of hydrogen-bond donors (Lipinski definition) is 2. The first-order valence-electron chi connectivity index (χ1n) is 10.4. The Morgan fingerprint density at radius 3 is 2.61 bits per heavy atom. The van der Waals surface area contributed by atoms with Crippen molar-refractivity contribution < 1.29 is 14.6 Å². The molecule has 7 nitrogen and oxygen atoms in total. The molecule has 2 heterocycles. The highest BCUT2D eigenvalue weighted by atomic mass is 32.1. The number of ether oxygens (including phenoxy) is 1. The number of nitrogens with zero attached hydrogens (tertiary/aromatic N) is 2. The zero-order valence-corrected chi connectivity index (χ0v) is 19.2. The van der Waals surface area contributed by atoms with E-state index in [1.165, 1.54) is 18.4 Å². The Balaban J connectivity index is 1.84. The average molecular weight is 444 g/mol. The quantitative estimate of drug-likeness (QED) is 0.493. The van der Waals surface area contributed by atoms with Gasteiger partial charge in [-0.15, -0.1) is 11.3 Å². The zero-order chi connectivity index (χ0) is 22.5. The van der Waals surface area contributed by atoms with Gasteiger partial charge in [-0.2, -0.15) is 0 Å². The Labute approximate surface area is 185 Å². The number of nitrogens with one attached hydrogen (secondary N) is 1. The summed E-state index contributed by atoms with van der Waals surface area (Å²) in [6.45, 7) is 6.83. The van der Waals surface area contributed by atoms with Crippen LogP contribution >= 0.6 is 11.3 Å². The fourth-order valence-corrected chi connectivity index (χ4v) is 4.85. The number of benzene rings is 1. The van der Waals surface area contributed by atoms with Crippen LogP contribution in [0.2, 0.25) is 0 Å². The second kappa shape index (κ2) is 10.2. The molecule has 0 radical (unpaired) electrons. The monoisotopic (exact) mass is 443 g/mol. The fraction of sp³-hybridized carbons (Fsp3) is 0.435. The number of carbonyl (C=O) groups excluding carboxylic acids is 1. The summed E-state index contributed by atoms with van der Waals surface area (Å²) in [6.07, 6.45) is 0.554. The van der Waals surface area contributed by atoms with Gasteiger partial charge in [0.1, 0.15) is 15.5 Å². The second-order valence-electron chi connectivity index (χ2n) is 7.81. The van der Waals surface area contributed by atoms with Gasteiger partial charge >= 0.3 is 5.97 Å².